The Bertz CT molecular complexity index is 423. The SMILES string of the molecule is NCc1ccc(-n2cccn2)cc1Cl. The number of nitrogens with zero attached hydrogens (tertiary/aromatic N) is 2. The highest BCUT2D eigenvalue weighted by molar-refractivity contribution is 6.31. The summed E-state index contributed by atoms with van der Waals surface area (Å²) in [6, 6.07) is 7.59. The van der Waals surface area contributed by atoms with Gasteiger partial charge in [0.05, 0.1) is 5.69 Å². The molecule has 0 aliphatic heterocycles. The first-order valence-corrected chi connectivity index (χ1v) is 4.67. The van der Waals surface area contributed by atoms with Crippen LogP contribution in [0.15, 0.2) is 36.7 Å². The molecule has 0 spiro atoms. The van der Waals surface area contributed by atoms with Crippen molar-refractivity contribution < 1.29 is 0 Å². The Kier molecular flexibility index (Phi) is 2.52. The third kappa shape index (κ3) is 1.64. The van der Waals surface area contributed by atoms with E-state index >= 15 is 0 Å². The van der Waals surface area contributed by atoms with E-state index in [0.29, 0.717) is 11.6 Å². The van der Waals surface area contributed by atoms with Gasteiger partial charge in [-0.3, -0.25) is 0 Å². The zero-order valence-electron chi connectivity index (χ0n) is 7.52. The van der Waals surface area contributed by atoms with Gasteiger partial charge in [-0.05, 0) is 23.8 Å². The van der Waals surface area contributed by atoms with Crippen LogP contribution >= 0.6 is 11.6 Å². The van der Waals surface area contributed by atoms with Gasteiger partial charge < -0.3 is 5.73 Å². The molecule has 0 saturated heterocycles. The highest BCUT2D eigenvalue weighted by Gasteiger charge is 2.01. The Balaban J connectivity index is 2.43. The lowest BCUT2D eigenvalue weighted by molar-refractivity contribution is 0.879. The van der Waals surface area contributed by atoms with E-state index in [0.717, 1.165) is 11.3 Å². The Morgan fingerprint density at radius 1 is 1.43 bits per heavy atom. The first kappa shape index (κ1) is 9.24. The molecule has 0 aliphatic carbocycles. The number of halogens is 1. The van der Waals surface area contributed by atoms with Crippen LogP contribution in [0, 0.1) is 0 Å². The third-order valence-electron chi connectivity index (χ3n) is 2.03. The molecule has 72 valence electrons. The second kappa shape index (κ2) is 3.82. The normalized spacial score (nSPS) is 10.4. The molecule has 14 heavy (non-hydrogen) atoms. The monoisotopic (exact) mass is 207 g/mol. The van der Waals surface area contributed by atoms with Crippen LogP contribution in [0.2, 0.25) is 5.02 Å². The standard InChI is InChI=1S/C10H10ClN3/c11-10-6-9(3-2-8(10)7-12)14-5-1-4-13-14/h1-6H,7,12H2. The van der Waals surface area contributed by atoms with Gasteiger partial charge in [0.15, 0.2) is 0 Å². The molecule has 0 bridgehead atoms. The molecule has 1 aromatic carbocycles. The van der Waals surface area contributed by atoms with Gasteiger partial charge in [0.1, 0.15) is 0 Å². The topological polar surface area (TPSA) is 43.8 Å². The summed E-state index contributed by atoms with van der Waals surface area (Å²) in [4.78, 5) is 0. The highest BCUT2D eigenvalue weighted by Crippen LogP contribution is 2.19. The van der Waals surface area contributed by atoms with Crippen LogP contribution in [0.3, 0.4) is 0 Å². The molecule has 1 heterocycles. The molecule has 2 aromatic rings. The molecule has 2 rings (SSSR count). The largest absolute Gasteiger partial charge is 0.326 e. The van der Waals surface area contributed by atoms with Crippen LogP contribution in [0.25, 0.3) is 5.69 Å². The Morgan fingerprint density at radius 2 is 2.29 bits per heavy atom. The van der Waals surface area contributed by atoms with Gasteiger partial charge in [-0.2, -0.15) is 5.10 Å². The lowest BCUT2D eigenvalue weighted by atomic mass is 10.2. The van der Waals surface area contributed by atoms with E-state index in [1.807, 2.05) is 30.5 Å². The van der Waals surface area contributed by atoms with E-state index in [1.54, 1.807) is 10.9 Å². The van der Waals surface area contributed by atoms with Gasteiger partial charge in [0, 0.05) is 24.0 Å². The van der Waals surface area contributed by atoms with Gasteiger partial charge >= 0.3 is 0 Å². The summed E-state index contributed by atoms with van der Waals surface area (Å²) >= 11 is 6.03. The van der Waals surface area contributed by atoms with E-state index in [-0.39, 0.29) is 0 Å². The number of aromatic nitrogens is 2. The van der Waals surface area contributed by atoms with E-state index < -0.39 is 0 Å². The van der Waals surface area contributed by atoms with Crippen molar-refractivity contribution in [1.29, 1.82) is 0 Å². The fourth-order valence-electron chi connectivity index (χ4n) is 1.27. The van der Waals surface area contributed by atoms with Gasteiger partial charge in [-0.15, -0.1) is 0 Å². The van der Waals surface area contributed by atoms with Crippen LogP contribution in [0.1, 0.15) is 5.56 Å². The molecule has 1 aromatic heterocycles. The summed E-state index contributed by atoms with van der Waals surface area (Å²) in [6.07, 6.45) is 3.60. The number of nitrogens with two attached hydrogens (primary N) is 1. The van der Waals surface area contributed by atoms with Crippen LogP contribution in [0.5, 0.6) is 0 Å². The molecule has 0 saturated carbocycles. The molecule has 0 fully saturated rings. The Morgan fingerprint density at radius 3 is 2.86 bits per heavy atom. The number of benzene rings is 1. The van der Waals surface area contributed by atoms with Crippen LogP contribution < -0.4 is 5.73 Å². The first-order valence-electron chi connectivity index (χ1n) is 4.30. The average Bonchev–Trinajstić information content (AvgIpc) is 2.70. The Hall–Kier alpha value is -1.32. The first-order chi connectivity index (χ1) is 6.81. The molecule has 0 unspecified atom stereocenters. The predicted molar refractivity (Wildman–Crippen MR) is 56.5 cm³/mol. The van der Waals surface area contributed by atoms with Crippen molar-refractivity contribution in [1.82, 2.24) is 9.78 Å². The van der Waals surface area contributed by atoms with Gasteiger partial charge in [0.25, 0.3) is 0 Å². The summed E-state index contributed by atoms with van der Waals surface area (Å²) in [7, 11) is 0. The minimum atomic E-state index is 0.457. The number of rotatable bonds is 2. The molecule has 3 nitrogen and oxygen atoms in total. The number of hydrogen-bond acceptors (Lipinski definition) is 2. The van der Waals surface area contributed by atoms with E-state index in [2.05, 4.69) is 5.10 Å². The summed E-state index contributed by atoms with van der Waals surface area (Å²) in [6.45, 7) is 0.457. The minimum Gasteiger partial charge on any atom is -0.326 e. The van der Waals surface area contributed by atoms with E-state index in [4.69, 9.17) is 17.3 Å². The fourth-order valence-corrected chi connectivity index (χ4v) is 1.52. The third-order valence-corrected chi connectivity index (χ3v) is 2.38. The van der Waals surface area contributed by atoms with Crippen molar-refractivity contribution in [2.24, 2.45) is 5.73 Å². The maximum absolute atomic E-state index is 6.03. The lowest BCUT2D eigenvalue weighted by Gasteiger charge is -2.04. The van der Waals surface area contributed by atoms with Crippen molar-refractivity contribution in [2.45, 2.75) is 6.54 Å². The average molecular weight is 208 g/mol. The summed E-state index contributed by atoms with van der Waals surface area (Å²) in [5.41, 5.74) is 7.40. The molecular weight excluding hydrogens is 198 g/mol. The molecule has 0 atom stereocenters. The predicted octanol–water partition coefficient (Wildman–Crippen LogP) is 1.98. The fraction of sp³-hybridized carbons (Fsp3) is 0.100. The molecule has 4 heteroatoms. The molecule has 2 N–H and O–H groups in total. The lowest BCUT2D eigenvalue weighted by Crippen LogP contribution is -1.99. The highest BCUT2D eigenvalue weighted by atomic mass is 35.5. The zero-order valence-corrected chi connectivity index (χ0v) is 8.28. The maximum atomic E-state index is 6.03. The Labute approximate surface area is 87.1 Å². The minimum absolute atomic E-state index is 0.457. The number of hydrogen-bond donors (Lipinski definition) is 1. The van der Waals surface area contributed by atoms with Crippen LogP contribution in [-0.2, 0) is 6.54 Å². The van der Waals surface area contributed by atoms with Crippen molar-refractivity contribution in [3.05, 3.63) is 47.2 Å². The molecular formula is C10H10ClN3. The van der Waals surface area contributed by atoms with Crippen LogP contribution in [0.4, 0.5) is 0 Å². The summed E-state index contributed by atoms with van der Waals surface area (Å²) < 4.78 is 1.76. The van der Waals surface area contributed by atoms with Gasteiger partial charge in [0.2, 0.25) is 0 Å². The molecule has 0 radical (unpaired) electrons. The van der Waals surface area contributed by atoms with Crippen molar-refractivity contribution in [2.75, 3.05) is 0 Å². The second-order valence-corrected chi connectivity index (χ2v) is 3.34. The van der Waals surface area contributed by atoms with Crippen molar-refractivity contribution in [3.63, 3.8) is 0 Å². The molecule has 0 aliphatic rings. The van der Waals surface area contributed by atoms with Gasteiger partial charge in [-0.25, -0.2) is 4.68 Å². The smallest absolute Gasteiger partial charge is 0.0660 e. The van der Waals surface area contributed by atoms with E-state index in [1.165, 1.54) is 0 Å². The van der Waals surface area contributed by atoms with E-state index in [9.17, 15) is 0 Å². The zero-order chi connectivity index (χ0) is 9.97. The maximum Gasteiger partial charge on any atom is 0.0660 e. The summed E-state index contributed by atoms with van der Waals surface area (Å²) in [5, 5.41) is 4.79. The van der Waals surface area contributed by atoms with Crippen molar-refractivity contribution in [3.8, 4) is 5.69 Å². The quantitative estimate of drug-likeness (QED) is 0.819. The summed E-state index contributed by atoms with van der Waals surface area (Å²) in [5.74, 6) is 0. The van der Waals surface area contributed by atoms with Crippen LogP contribution in [-0.4, -0.2) is 9.78 Å². The second-order valence-electron chi connectivity index (χ2n) is 2.93. The van der Waals surface area contributed by atoms with Gasteiger partial charge in [-0.1, -0.05) is 17.7 Å². The van der Waals surface area contributed by atoms with Crippen molar-refractivity contribution >= 4 is 11.6 Å². The molecule has 0 amide bonds.